The van der Waals surface area contributed by atoms with Crippen molar-refractivity contribution >= 4 is 28.6 Å². The fourth-order valence-electron chi connectivity index (χ4n) is 3.29. The Kier molecular flexibility index (Phi) is 4.42. The van der Waals surface area contributed by atoms with Crippen LogP contribution in [-0.2, 0) is 11.2 Å². The van der Waals surface area contributed by atoms with Gasteiger partial charge in [0.1, 0.15) is 5.69 Å². The maximum Gasteiger partial charge on any atom is 0.280 e. The minimum atomic E-state index is -0.442. The van der Waals surface area contributed by atoms with Gasteiger partial charge in [0, 0.05) is 42.8 Å². The lowest BCUT2D eigenvalue weighted by molar-refractivity contribution is -0.121. The molecule has 7 nitrogen and oxygen atoms in total. The van der Waals surface area contributed by atoms with Gasteiger partial charge >= 0.3 is 0 Å². The summed E-state index contributed by atoms with van der Waals surface area (Å²) in [5.74, 6) is -1.03. The van der Waals surface area contributed by atoms with Crippen LogP contribution in [0, 0.1) is 0 Å². The summed E-state index contributed by atoms with van der Waals surface area (Å²) in [6, 6.07) is 11.2. The molecule has 2 N–H and O–H groups in total. The van der Waals surface area contributed by atoms with Crippen molar-refractivity contribution in [3.8, 4) is 0 Å². The van der Waals surface area contributed by atoms with Crippen molar-refractivity contribution in [1.29, 1.82) is 0 Å². The molecule has 136 valence electrons. The molecule has 7 heteroatoms. The zero-order valence-corrected chi connectivity index (χ0v) is 14.6. The van der Waals surface area contributed by atoms with Gasteiger partial charge in [0.25, 0.3) is 11.8 Å². The molecule has 0 fully saturated rings. The molecule has 2 aromatic heterocycles. The second-order valence-corrected chi connectivity index (χ2v) is 6.37. The molecule has 0 spiro atoms. The lowest BCUT2D eigenvalue weighted by atomic mass is 10.1. The number of benzene rings is 1. The van der Waals surface area contributed by atoms with Crippen LogP contribution in [0.5, 0.6) is 0 Å². The number of nitrogens with one attached hydrogen (secondary N) is 2. The molecule has 0 bridgehead atoms. The van der Waals surface area contributed by atoms with Crippen LogP contribution in [0.15, 0.2) is 48.8 Å². The molecule has 0 atom stereocenters. The Hall–Kier alpha value is -3.48. The van der Waals surface area contributed by atoms with Crippen LogP contribution < -0.4 is 5.32 Å². The predicted octanol–water partition coefficient (Wildman–Crippen LogP) is 1.91. The molecule has 3 amide bonds. The van der Waals surface area contributed by atoms with E-state index < -0.39 is 11.8 Å². The monoisotopic (exact) mass is 362 g/mol. The van der Waals surface area contributed by atoms with Crippen LogP contribution in [0.1, 0.15) is 32.8 Å². The number of fused-ring (bicyclic) bond motifs is 2. The molecule has 1 aromatic carbocycles. The third-order valence-corrected chi connectivity index (χ3v) is 4.68. The lowest BCUT2D eigenvalue weighted by Gasteiger charge is -2.13. The zero-order valence-electron chi connectivity index (χ0n) is 14.6. The Balaban J connectivity index is 1.28. The number of aromatic amines is 1. The predicted molar refractivity (Wildman–Crippen MR) is 99.2 cm³/mol. The summed E-state index contributed by atoms with van der Waals surface area (Å²) >= 11 is 0. The van der Waals surface area contributed by atoms with E-state index in [1.165, 1.54) is 6.20 Å². The molecule has 4 rings (SSSR count). The van der Waals surface area contributed by atoms with E-state index in [0.29, 0.717) is 18.5 Å². The second kappa shape index (κ2) is 7.03. The van der Waals surface area contributed by atoms with Crippen LogP contribution in [0.25, 0.3) is 10.9 Å². The minimum Gasteiger partial charge on any atom is -0.361 e. The number of carbonyl (C=O) groups is 3. The molecule has 3 aromatic rings. The average molecular weight is 362 g/mol. The van der Waals surface area contributed by atoms with Gasteiger partial charge in [-0.05, 0) is 30.2 Å². The topological polar surface area (TPSA) is 95.2 Å². The summed E-state index contributed by atoms with van der Waals surface area (Å²) in [5, 5.41) is 3.99. The number of amides is 3. The van der Waals surface area contributed by atoms with Crippen molar-refractivity contribution in [1.82, 2.24) is 20.2 Å². The molecular formula is C20H18N4O3. The van der Waals surface area contributed by atoms with Crippen molar-refractivity contribution in [2.24, 2.45) is 0 Å². The number of para-hydroxylation sites is 1. The van der Waals surface area contributed by atoms with Crippen molar-refractivity contribution in [2.75, 3.05) is 13.1 Å². The smallest absolute Gasteiger partial charge is 0.280 e. The molecule has 1 aliphatic rings. The van der Waals surface area contributed by atoms with Gasteiger partial charge in [-0.1, -0.05) is 18.2 Å². The Labute approximate surface area is 155 Å². The molecular weight excluding hydrogens is 344 g/mol. The van der Waals surface area contributed by atoms with E-state index in [1.807, 2.05) is 30.5 Å². The van der Waals surface area contributed by atoms with E-state index in [9.17, 15) is 14.4 Å². The Morgan fingerprint density at radius 2 is 1.96 bits per heavy atom. The van der Waals surface area contributed by atoms with Crippen molar-refractivity contribution in [2.45, 2.75) is 12.8 Å². The molecule has 0 radical (unpaired) electrons. The molecule has 27 heavy (non-hydrogen) atoms. The highest BCUT2D eigenvalue weighted by Crippen LogP contribution is 2.20. The average Bonchev–Trinajstić information content (AvgIpc) is 3.20. The molecule has 0 aliphatic carbocycles. The fourth-order valence-corrected chi connectivity index (χ4v) is 3.29. The number of pyridine rings is 1. The number of aromatic nitrogens is 2. The summed E-state index contributed by atoms with van der Waals surface area (Å²) in [5.41, 5.74) is 2.65. The largest absolute Gasteiger partial charge is 0.361 e. The Morgan fingerprint density at radius 3 is 2.81 bits per heavy atom. The number of hydrogen-bond acceptors (Lipinski definition) is 4. The van der Waals surface area contributed by atoms with Gasteiger partial charge in [-0.2, -0.15) is 0 Å². The van der Waals surface area contributed by atoms with Gasteiger partial charge in [-0.25, -0.2) is 0 Å². The van der Waals surface area contributed by atoms with E-state index in [0.717, 1.165) is 21.4 Å². The normalized spacial score (nSPS) is 13.3. The number of H-pyrrole nitrogens is 1. The number of nitrogens with zero attached hydrogens (tertiary/aromatic N) is 2. The second-order valence-electron chi connectivity index (χ2n) is 6.37. The van der Waals surface area contributed by atoms with E-state index in [4.69, 9.17) is 0 Å². The van der Waals surface area contributed by atoms with E-state index in [1.54, 1.807) is 12.1 Å². The summed E-state index contributed by atoms with van der Waals surface area (Å²) < 4.78 is 0. The van der Waals surface area contributed by atoms with Crippen LogP contribution in [-0.4, -0.2) is 45.7 Å². The standard InChI is InChI=1S/C20H18N4O3/c25-17(21-10-7-13-12-23-16-6-2-1-4-14(13)16)8-11-24-19(26)15-5-3-9-22-18(15)20(24)27/h1-6,9,12,23H,7-8,10-11H2,(H,21,25). The molecule has 3 heterocycles. The number of carbonyl (C=O) groups excluding carboxylic acids is 3. The first-order chi connectivity index (χ1) is 13.1. The van der Waals surface area contributed by atoms with Crippen LogP contribution in [0.3, 0.4) is 0 Å². The van der Waals surface area contributed by atoms with Gasteiger partial charge in [-0.3, -0.25) is 24.3 Å². The van der Waals surface area contributed by atoms with Crippen molar-refractivity contribution in [3.63, 3.8) is 0 Å². The molecule has 0 saturated heterocycles. The highest BCUT2D eigenvalue weighted by molar-refractivity contribution is 6.20. The van der Waals surface area contributed by atoms with Crippen LogP contribution in [0.2, 0.25) is 0 Å². The third-order valence-electron chi connectivity index (χ3n) is 4.68. The zero-order chi connectivity index (χ0) is 18.8. The van der Waals surface area contributed by atoms with Gasteiger partial charge in [-0.15, -0.1) is 0 Å². The first kappa shape index (κ1) is 17.0. The van der Waals surface area contributed by atoms with Gasteiger partial charge < -0.3 is 10.3 Å². The molecule has 0 saturated carbocycles. The fraction of sp³-hybridized carbons (Fsp3) is 0.200. The number of rotatable bonds is 6. The van der Waals surface area contributed by atoms with Crippen LogP contribution in [0.4, 0.5) is 0 Å². The summed E-state index contributed by atoms with van der Waals surface area (Å²) in [4.78, 5) is 44.8. The molecule has 0 unspecified atom stereocenters. The third kappa shape index (κ3) is 3.19. The maximum atomic E-state index is 12.2. The van der Waals surface area contributed by atoms with Gasteiger partial charge in [0.05, 0.1) is 5.56 Å². The first-order valence-corrected chi connectivity index (χ1v) is 8.78. The Morgan fingerprint density at radius 1 is 1.11 bits per heavy atom. The van der Waals surface area contributed by atoms with E-state index in [2.05, 4.69) is 15.3 Å². The minimum absolute atomic E-state index is 0.0486. The Bertz CT molecular complexity index is 1010. The summed E-state index contributed by atoms with van der Waals surface area (Å²) in [7, 11) is 0. The quantitative estimate of drug-likeness (QED) is 0.655. The number of imide groups is 1. The van der Waals surface area contributed by atoms with Crippen LogP contribution >= 0.6 is 0 Å². The lowest BCUT2D eigenvalue weighted by Crippen LogP contribution is -2.35. The van der Waals surface area contributed by atoms with Crippen molar-refractivity contribution < 1.29 is 14.4 Å². The van der Waals surface area contributed by atoms with E-state index in [-0.39, 0.29) is 24.6 Å². The SMILES string of the molecule is O=C(CCN1C(=O)c2cccnc2C1=O)NCCc1c[nH]c2ccccc12. The van der Waals surface area contributed by atoms with Gasteiger partial charge in [0.15, 0.2) is 0 Å². The molecule has 1 aliphatic heterocycles. The summed E-state index contributed by atoms with van der Waals surface area (Å²) in [6.07, 6.45) is 4.19. The van der Waals surface area contributed by atoms with Gasteiger partial charge in [0.2, 0.25) is 5.91 Å². The highest BCUT2D eigenvalue weighted by Gasteiger charge is 2.36. The highest BCUT2D eigenvalue weighted by atomic mass is 16.2. The van der Waals surface area contributed by atoms with Crippen molar-refractivity contribution in [3.05, 3.63) is 65.6 Å². The number of hydrogen-bond donors (Lipinski definition) is 2. The maximum absolute atomic E-state index is 12.2. The summed E-state index contributed by atoms with van der Waals surface area (Å²) in [6.45, 7) is 0.539. The van der Waals surface area contributed by atoms with E-state index >= 15 is 0 Å². The first-order valence-electron chi connectivity index (χ1n) is 8.78.